The van der Waals surface area contributed by atoms with Crippen molar-refractivity contribution in [1.82, 2.24) is 14.7 Å². The van der Waals surface area contributed by atoms with Gasteiger partial charge in [-0.3, -0.25) is 19.4 Å². The van der Waals surface area contributed by atoms with E-state index in [0.717, 1.165) is 30.2 Å². The number of hydrogen-bond acceptors (Lipinski definition) is 5. The maximum Gasteiger partial charge on any atom is 0.238 e. The van der Waals surface area contributed by atoms with Gasteiger partial charge in [0.1, 0.15) is 0 Å². The molecule has 1 heterocycles. The maximum atomic E-state index is 12.8. The van der Waals surface area contributed by atoms with Crippen LogP contribution in [-0.4, -0.2) is 79.1 Å². The third-order valence-corrected chi connectivity index (χ3v) is 6.99. The van der Waals surface area contributed by atoms with Gasteiger partial charge in [-0.15, -0.1) is 11.8 Å². The van der Waals surface area contributed by atoms with Crippen LogP contribution in [0.5, 0.6) is 0 Å². The van der Waals surface area contributed by atoms with Gasteiger partial charge < -0.3 is 10.2 Å². The molecular formula is C27H32N4O2S. The normalized spacial score (nSPS) is 14.5. The summed E-state index contributed by atoms with van der Waals surface area (Å²) in [6, 6.07) is 22.7. The molecule has 7 heteroatoms. The lowest BCUT2D eigenvalue weighted by Crippen LogP contribution is -2.51. The van der Waals surface area contributed by atoms with Crippen molar-refractivity contribution < 1.29 is 9.59 Å². The number of carbonyl (C=O) groups is 2. The third kappa shape index (κ3) is 6.17. The summed E-state index contributed by atoms with van der Waals surface area (Å²) in [6.07, 6.45) is 1.98. The molecule has 0 aromatic heterocycles. The molecule has 0 aliphatic carbocycles. The summed E-state index contributed by atoms with van der Waals surface area (Å²) in [5, 5.41) is 5.51. The number of piperazine rings is 1. The van der Waals surface area contributed by atoms with E-state index >= 15 is 0 Å². The van der Waals surface area contributed by atoms with Crippen LogP contribution in [0.4, 0.5) is 5.69 Å². The highest BCUT2D eigenvalue weighted by molar-refractivity contribution is 7.98. The van der Waals surface area contributed by atoms with Gasteiger partial charge in [0.25, 0.3) is 0 Å². The van der Waals surface area contributed by atoms with Crippen molar-refractivity contribution in [2.75, 3.05) is 57.9 Å². The van der Waals surface area contributed by atoms with Crippen LogP contribution in [0.1, 0.15) is 5.56 Å². The van der Waals surface area contributed by atoms with Crippen LogP contribution in [-0.2, 0) is 16.1 Å². The monoisotopic (exact) mass is 476 g/mol. The van der Waals surface area contributed by atoms with Gasteiger partial charge in [0.05, 0.1) is 18.8 Å². The summed E-state index contributed by atoms with van der Waals surface area (Å²) in [7, 11) is 1.81. The summed E-state index contributed by atoms with van der Waals surface area (Å²) in [4.78, 5) is 32.4. The predicted octanol–water partition coefficient (Wildman–Crippen LogP) is 3.78. The van der Waals surface area contributed by atoms with Gasteiger partial charge in [-0.05, 0) is 41.8 Å². The zero-order valence-electron chi connectivity index (χ0n) is 19.9. The van der Waals surface area contributed by atoms with Crippen molar-refractivity contribution >= 4 is 40.0 Å². The number of benzene rings is 3. The fourth-order valence-electron chi connectivity index (χ4n) is 4.40. The first-order chi connectivity index (χ1) is 16.5. The minimum absolute atomic E-state index is 0.0737. The van der Waals surface area contributed by atoms with E-state index in [1.165, 1.54) is 16.3 Å². The standard InChI is InChI=1S/C27H32N4O2S/c1-29(19-26(32)28-24-12-5-6-13-25(24)34-2)20-27(33)31-16-14-30(15-17-31)18-22-10-7-9-21-8-3-4-11-23(21)22/h3-13H,14-20H2,1-2H3,(H,28,32). The number of fused-ring (bicyclic) bond motifs is 1. The Morgan fingerprint density at radius 1 is 0.912 bits per heavy atom. The lowest BCUT2D eigenvalue weighted by molar-refractivity contribution is -0.134. The SMILES string of the molecule is CSc1ccccc1NC(=O)CN(C)CC(=O)N1CCN(Cc2cccc3ccccc23)CC1. The molecule has 0 atom stereocenters. The fourth-order valence-corrected chi connectivity index (χ4v) is 4.95. The molecule has 1 fully saturated rings. The first kappa shape index (κ1) is 24.3. The molecule has 0 radical (unpaired) electrons. The van der Waals surface area contributed by atoms with Crippen molar-refractivity contribution in [2.24, 2.45) is 0 Å². The molecule has 2 amide bonds. The van der Waals surface area contributed by atoms with Crippen LogP contribution in [0, 0.1) is 0 Å². The Balaban J connectivity index is 1.23. The second-order valence-electron chi connectivity index (χ2n) is 8.72. The van der Waals surface area contributed by atoms with Gasteiger partial charge in [0.15, 0.2) is 0 Å². The Labute approximate surface area is 205 Å². The first-order valence-electron chi connectivity index (χ1n) is 11.6. The molecule has 1 saturated heterocycles. The van der Waals surface area contributed by atoms with E-state index in [1.54, 1.807) is 16.7 Å². The number of thioether (sulfide) groups is 1. The lowest BCUT2D eigenvalue weighted by Gasteiger charge is -2.35. The number of rotatable bonds is 8. The highest BCUT2D eigenvalue weighted by atomic mass is 32.2. The van der Waals surface area contributed by atoms with Crippen LogP contribution < -0.4 is 5.32 Å². The minimum Gasteiger partial charge on any atom is -0.339 e. The molecule has 0 spiro atoms. The maximum absolute atomic E-state index is 12.8. The molecule has 4 rings (SSSR count). The Morgan fingerprint density at radius 2 is 1.62 bits per heavy atom. The number of hydrogen-bond donors (Lipinski definition) is 1. The topological polar surface area (TPSA) is 55.9 Å². The molecule has 6 nitrogen and oxygen atoms in total. The van der Waals surface area contributed by atoms with Gasteiger partial charge in [0.2, 0.25) is 11.8 Å². The number of para-hydroxylation sites is 1. The lowest BCUT2D eigenvalue weighted by atomic mass is 10.0. The average molecular weight is 477 g/mol. The number of nitrogens with zero attached hydrogens (tertiary/aromatic N) is 3. The minimum atomic E-state index is -0.114. The van der Waals surface area contributed by atoms with Crippen molar-refractivity contribution in [1.29, 1.82) is 0 Å². The van der Waals surface area contributed by atoms with Gasteiger partial charge in [-0.25, -0.2) is 0 Å². The van der Waals surface area contributed by atoms with E-state index in [0.29, 0.717) is 13.1 Å². The number of amides is 2. The Kier molecular flexibility index (Phi) is 8.21. The van der Waals surface area contributed by atoms with Gasteiger partial charge in [-0.1, -0.05) is 54.6 Å². The highest BCUT2D eigenvalue weighted by Gasteiger charge is 2.23. The van der Waals surface area contributed by atoms with Crippen LogP contribution >= 0.6 is 11.8 Å². The zero-order chi connectivity index (χ0) is 23.9. The number of carbonyl (C=O) groups excluding carboxylic acids is 2. The molecule has 1 aliphatic rings. The van der Waals surface area contributed by atoms with Crippen molar-refractivity contribution in [3.8, 4) is 0 Å². The van der Waals surface area contributed by atoms with Crippen molar-refractivity contribution in [2.45, 2.75) is 11.4 Å². The summed E-state index contributed by atoms with van der Waals surface area (Å²) in [5.74, 6) is -0.0404. The number of likely N-dealkylation sites (N-methyl/N-ethyl adjacent to an activating group) is 1. The molecule has 0 unspecified atom stereocenters. The van der Waals surface area contributed by atoms with Crippen LogP contribution in [0.3, 0.4) is 0 Å². The van der Waals surface area contributed by atoms with Crippen LogP contribution in [0.15, 0.2) is 71.6 Å². The number of anilines is 1. The first-order valence-corrected chi connectivity index (χ1v) is 12.8. The van der Waals surface area contributed by atoms with Gasteiger partial charge >= 0.3 is 0 Å². The van der Waals surface area contributed by atoms with E-state index in [1.807, 2.05) is 42.5 Å². The molecule has 1 N–H and O–H groups in total. The second kappa shape index (κ2) is 11.5. The number of nitrogens with one attached hydrogen (secondary N) is 1. The third-order valence-electron chi connectivity index (χ3n) is 6.20. The van der Waals surface area contributed by atoms with E-state index in [4.69, 9.17) is 0 Å². The zero-order valence-corrected chi connectivity index (χ0v) is 20.7. The largest absolute Gasteiger partial charge is 0.339 e. The molecule has 1 aliphatic heterocycles. The smallest absolute Gasteiger partial charge is 0.238 e. The molecule has 3 aromatic carbocycles. The van der Waals surface area contributed by atoms with Gasteiger partial charge in [0, 0.05) is 37.6 Å². The van der Waals surface area contributed by atoms with E-state index in [2.05, 4.69) is 52.7 Å². The molecule has 34 heavy (non-hydrogen) atoms. The molecule has 3 aromatic rings. The summed E-state index contributed by atoms with van der Waals surface area (Å²) in [5.41, 5.74) is 2.13. The van der Waals surface area contributed by atoms with Crippen LogP contribution in [0.25, 0.3) is 10.8 Å². The van der Waals surface area contributed by atoms with E-state index in [9.17, 15) is 9.59 Å². The molecule has 0 saturated carbocycles. The van der Waals surface area contributed by atoms with E-state index < -0.39 is 0 Å². The highest BCUT2D eigenvalue weighted by Crippen LogP contribution is 2.24. The van der Waals surface area contributed by atoms with Gasteiger partial charge in [-0.2, -0.15) is 0 Å². The Hall–Kier alpha value is -2.87. The summed E-state index contributed by atoms with van der Waals surface area (Å²) < 4.78 is 0. The molecule has 0 bridgehead atoms. The van der Waals surface area contributed by atoms with Crippen molar-refractivity contribution in [3.05, 3.63) is 72.3 Å². The summed E-state index contributed by atoms with van der Waals surface area (Å²) in [6.45, 7) is 4.43. The summed E-state index contributed by atoms with van der Waals surface area (Å²) >= 11 is 1.59. The Bertz CT molecular complexity index is 1140. The van der Waals surface area contributed by atoms with Crippen molar-refractivity contribution in [3.63, 3.8) is 0 Å². The molecular weight excluding hydrogens is 444 g/mol. The Morgan fingerprint density at radius 3 is 2.41 bits per heavy atom. The molecule has 178 valence electrons. The van der Waals surface area contributed by atoms with E-state index in [-0.39, 0.29) is 24.9 Å². The van der Waals surface area contributed by atoms with Crippen LogP contribution in [0.2, 0.25) is 0 Å². The second-order valence-corrected chi connectivity index (χ2v) is 9.56. The fraction of sp³-hybridized carbons (Fsp3) is 0.333. The average Bonchev–Trinajstić information content (AvgIpc) is 2.85. The quantitative estimate of drug-likeness (QED) is 0.502. The predicted molar refractivity (Wildman–Crippen MR) is 140 cm³/mol.